The number of rotatable bonds is 7. The highest BCUT2D eigenvalue weighted by molar-refractivity contribution is 9.10. The third-order valence-corrected chi connectivity index (χ3v) is 3.35. The van der Waals surface area contributed by atoms with Crippen LogP contribution in [0.2, 0.25) is 0 Å². The molecule has 0 aliphatic rings. The highest BCUT2D eigenvalue weighted by Crippen LogP contribution is 2.22. The summed E-state index contributed by atoms with van der Waals surface area (Å²) in [7, 11) is 1.60. The minimum Gasteiger partial charge on any atom is -0.496 e. The van der Waals surface area contributed by atoms with Gasteiger partial charge < -0.3 is 20.5 Å². The Balaban J connectivity index is 2.46. The van der Waals surface area contributed by atoms with Crippen LogP contribution < -0.4 is 15.4 Å². The van der Waals surface area contributed by atoms with E-state index < -0.39 is 0 Å². The lowest BCUT2D eigenvalue weighted by atomic mass is 10.2. The van der Waals surface area contributed by atoms with Crippen molar-refractivity contribution in [1.82, 2.24) is 10.6 Å². The number of benzene rings is 1. The van der Waals surface area contributed by atoms with Gasteiger partial charge >= 0.3 is 6.03 Å². The van der Waals surface area contributed by atoms with Gasteiger partial charge in [0.15, 0.2) is 0 Å². The monoisotopic (exact) mass is 344 g/mol. The molecule has 112 valence electrons. The molecule has 0 bridgehead atoms. The summed E-state index contributed by atoms with van der Waals surface area (Å²) in [6.45, 7) is 2.44. The van der Waals surface area contributed by atoms with Gasteiger partial charge in [0.05, 0.1) is 7.11 Å². The van der Waals surface area contributed by atoms with Crippen LogP contribution in [-0.2, 0) is 6.54 Å². The van der Waals surface area contributed by atoms with Crippen LogP contribution in [0.15, 0.2) is 22.7 Å². The second kappa shape index (κ2) is 8.81. The second-order valence-corrected chi connectivity index (χ2v) is 5.47. The molecule has 1 aromatic carbocycles. The minimum absolute atomic E-state index is 0.0338. The van der Waals surface area contributed by atoms with Crippen molar-refractivity contribution in [2.45, 2.75) is 32.4 Å². The molecule has 0 heterocycles. The molecule has 0 saturated heterocycles. The van der Waals surface area contributed by atoms with Gasteiger partial charge in [0, 0.05) is 29.2 Å². The number of aliphatic hydroxyl groups excluding tert-OH is 1. The molecule has 1 aromatic rings. The van der Waals surface area contributed by atoms with E-state index in [-0.39, 0.29) is 18.7 Å². The van der Waals surface area contributed by atoms with Gasteiger partial charge in [-0.15, -0.1) is 0 Å². The molecule has 1 rings (SSSR count). The fraction of sp³-hybridized carbons (Fsp3) is 0.500. The SMILES string of the molecule is COc1ccc(Br)cc1CNC(=O)NC(C)CCCO. The molecule has 0 aliphatic heterocycles. The van der Waals surface area contributed by atoms with Crippen LogP contribution in [0.1, 0.15) is 25.3 Å². The Morgan fingerprint density at radius 2 is 2.25 bits per heavy atom. The maximum Gasteiger partial charge on any atom is 0.315 e. The van der Waals surface area contributed by atoms with Crippen molar-refractivity contribution >= 4 is 22.0 Å². The van der Waals surface area contributed by atoms with Crippen molar-refractivity contribution < 1.29 is 14.6 Å². The molecule has 0 aliphatic carbocycles. The van der Waals surface area contributed by atoms with Crippen molar-refractivity contribution in [1.29, 1.82) is 0 Å². The molecule has 1 unspecified atom stereocenters. The number of carbonyl (C=O) groups excluding carboxylic acids is 1. The molecule has 20 heavy (non-hydrogen) atoms. The predicted molar refractivity (Wildman–Crippen MR) is 81.8 cm³/mol. The minimum atomic E-state index is -0.225. The highest BCUT2D eigenvalue weighted by Gasteiger charge is 2.08. The van der Waals surface area contributed by atoms with E-state index in [9.17, 15) is 4.79 Å². The number of ether oxygens (including phenoxy) is 1. The van der Waals surface area contributed by atoms with Crippen LogP contribution in [0.25, 0.3) is 0 Å². The van der Waals surface area contributed by atoms with E-state index >= 15 is 0 Å². The fourth-order valence-electron chi connectivity index (χ4n) is 1.81. The van der Waals surface area contributed by atoms with Crippen molar-refractivity contribution in [2.24, 2.45) is 0 Å². The van der Waals surface area contributed by atoms with Gasteiger partial charge in [0.2, 0.25) is 0 Å². The Morgan fingerprint density at radius 1 is 1.50 bits per heavy atom. The Kier molecular flexibility index (Phi) is 7.40. The average Bonchev–Trinajstić information content (AvgIpc) is 2.43. The first-order valence-corrected chi connectivity index (χ1v) is 7.33. The van der Waals surface area contributed by atoms with E-state index in [2.05, 4.69) is 26.6 Å². The van der Waals surface area contributed by atoms with Gasteiger partial charge in [-0.2, -0.15) is 0 Å². The summed E-state index contributed by atoms with van der Waals surface area (Å²) >= 11 is 3.39. The summed E-state index contributed by atoms with van der Waals surface area (Å²) in [4.78, 5) is 11.7. The first kappa shape index (κ1) is 16.8. The number of hydrogen-bond acceptors (Lipinski definition) is 3. The van der Waals surface area contributed by atoms with Gasteiger partial charge in [-0.05, 0) is 38.0 Å². The third-order valence-electron chi connectivity index (χ3n) is 2.85. The zero-order valence-corrected chi connectivity index (χ0v) is 13.4. The summed E-state index contributed by atoms with van der Waals surface area (Å²) in [6.07, 6.45) is 1.44. The predicted octanol–water partition coefficient (Wildman–Crippen LogP) is 2.42. The molecule has 5 nitrogen and oxygen atoms in total. The van der Waals surface area contributed by atoms with Gasteiger partial charge in [-0.25, -0.2) is 4.79 Å². The Labute approximate surface area is 127 Å². The molecule has 0 aromatic heterocycles. The molecular weight excluding hydrogens is 324 g/mol. The van der Waals surface area contributed by atoms with Crippen molar-refractivity contribution in [3.63, 3.8) is 0 Å². The average molecular weight is 345 g/mol. The van der Waals surface area contributed by atoms with Crippen LogP contribution in [0.3, 0.4) is 0 Å². The number of halogens is 1. The number of methoxy groups -OCH3 is 1. The Hall–Kier alpha value is -1.27. The lowest BCUT2D eigenvalue weighted by Gasteiger charge is -2.15. The molecule has 0 radical (unpaired) electrons. The third kappa shape index (κ3) is 5.79. The van der Waals surface area contributed by atoms with E-state index in [4.69, 9.17) is 9.84 Å². The number of nitrogens with one attached hydrogen (secondary N) is 2. The lowest BCUT2D eigenvalue weighted by Crippen LogP contribution is -2.40. The van der Waals surface area contributed by atoms with E-state index in [0.29, 0.717) is 13.0 Å². The number of hydrogen-bond donors (Lipinski definition) is 3. The number of aliphatic hydroxyl groups is 1. The molecule has 6 heteroatoms. The lowest BCUT2D eigenvalue weighted by molar-refractivity contribution is 0.234. The first-order chi connectivity index (χ1) is 9.56. The van der Waals surface area contributed by atoms with Gasteiger partial charge in [-0.3, -0.25) is 0 Å². The van der Waals surface area contributed by atoms with E-state index in [1.807, 2.05) is 25.1 Å². The number of carbonyl (C=O) groups is 1. The van der Waals surface area contributed by atoms with Crippen molar-refractivity contribution in [2.75, 3.05) is 13.7 Å². The van der Waals surface area contributed by atoms with Gasteiger partial charge in [0.1, 0.15) is 5.75 Å². The molecule has 2 amide bonds. The summed E-state index contributed by atoms with van der Waals surface area (Å²) in [5, 5.41) is 14.4. The van der Waals surface area contributed by atoms with E-state index in [0.717, 1.165) is 22.2 Å². The van der Waals surface area contributed by atoms with Gasteiger partial charge in [0.25, 0.3) is 0 Å². The van der Waals surface area contributed by atoms with Crippen molar-refractivity contribution in [3.05, 3.63) is 28.2 Å². The van der Waals surface area contributed by atoms with Crippen LogP contribution in [0, 0.1) is 0 Å². The number of amides is 2. The fourth-order valence-corrected chi connectivity index (χ4v) is 2.21. The highest BCUT2D eigenvalue weighted by atomic mass is 79.9. The zero-order valence-electron chi connectivity index (χ0n) is 11.8. The van der Waals surface area contributed by atoms with E-state index in [1.165, 1.54) is 0 Å². The van der Waals surface area contributed by atoms with Crippen molar-refractivity contribution in [3.8, 4) is 5.75 Å². The van der Waals surface area contributed by atoms with E-state index in [1.54, 1.807) is 7.11 Å². The standard InChI is InChI=1S/C14H21BrN2O3/c1-10(4-3-7-18)17-14(19)16-9-11-8-12(15)5-6-13(11)20-2/h5-6,8,10,18H,3-4,7,9H2,1-2H3,(H2,16,17,19). The molecule has 3 N–H and O–H groups in total. The van der Waals surface area contributed by atoms with Crippen LogP contribution >= 0.6 is 15.9 Å². The van der Waals surface area contributed by atoms with Crippen LogP contribution in [0.5, 0.6) is 5.75 Å². The Morgan fingerprint density at radius 3 is 2.90 bits per heavy atom. The summed E-state index contributed by atoms with van der Waals surface area (Å²) in [5.41, 5.74) is 0.903. The van der Waals surface area contributed by atoms with Crippen LogP contribution in [-0.4, -0.2) is 30.9 Å². The molecule has 1 atom stereocenters. The summed E-state index contributed by atoms with van der Waals surface area (Å²) in [6, 6.07) is 5.46. The zero-order chi connectivity index (χ0) is 15.0. The van der Waals surface area contributed by atoms with Crippen LogP contribution in [0.4, 0.5) is 4.79 Å². The molecule has 0 saturated carbocycles. The Bertz CT molecular complexity index is 440. The summed E-state index contributed by atoms with van der Waals surface area (Å²) in [5.74, 6) is 0.738. The topological polar surface area (TPSA) is 70.6 Å². The first-order valence-electron chi connectivity index (χ1n) is 6.54. The largest absolute Gasteiger partial charge is 0.496 e. The molecular formula is C14H21BrN2O3. The molecule has 0 fully saturated rings. The maximum absolute atomic E-state index is 11.7. The summed E-state index contributed by atoms with van der Waals surface area (Å²) < 4.78 is 6.18. The number of urea groups is 1. The quantitative estimate of drug-likeness (QED) is 0.711. The smallest absolute Gasteiger partial charge is 0.315 e. The molecule has 0 spiro atoms. The second-order valence-electron chi connectivity index (χ2n) is 4.55. The normalized spacial score (nSPS) is 11.8. The van der Waals surface area contributed by atoms with Gasteiger partial charge in [-0.1, -0.05) is 15.9 Å². The maximum atomic E-state index is 11.7.